The maximum Gasteiger partial charge on any atom is 0.251 e. The van der Waals surface area contributed by atoms with Gasteiger partial charge in [-0.2, -0.15) is 0 Å². The van der Waals surface area contributed by atoms with Gasteiger partial charge in [0.25, 0.3) is 5.91 Å². The van der Waals surface area contributed by atoms with Crippen molar-refractivity contribution in [2.24, 2.45) is 5.92 Å². The summed E-state index contributed by atoms with van der Waals surface area (Å²) in [4.78, 5) is 12.0. The standard InChI is InChI=1S/C12H17N3O3S.ClH/c1-13-19(17,18)11-4-2-10(3-5-11)12(16)15-8-9-6-14-7-9;/h2-5,9,13-14H,6-8H2,1H3,(H,15,16);1H. The maximum atomic E-state index is 11.8. The lowest BCUT2D eigenvalue weighted by atomic mass is 10.0. The fourth-order valence-electron chi connectivity index (χ4n) is 1.74. The molecule has 1 aromatic rings. The quantitative estimate of drug-likeness (QED) is 0.711. The number of hydrogen-bond donors (Lipinski definition) is 3. The molecule has 2 rings (SSSR count). The van der Waals surface area contributed by atoms with Gasteiger partial charge in [0, 0.05) is 31.1 Å². The van der Waals surface area contributed by atoms with Crippen LogP contribution in [-0.4, -0.2) is 41.0 Å². The topological polar surface area (TPSA) is 87.3 Å². The predicted molar refractivity (Wildman–Crippen MR) is 78.6 cm³/mol. The van der Waals surface area contributed by atoms with Crippen LogP contribution < -0.4 is 15.4 Å². The van der Waals surface area contributed by atoms with E-state index in [4.69, 9.17) is 0 Å². The number of amides is 1. The molecule has 1 aromatic carbocycles. The zero-order valence-electron chi connectivity index (χ0n) is 11.0. The molecule has 0 radical (unpaired) electrons. The highest BCUT2D eigenvalue weighted by atomic mass is 35.5. The van der Waals surface area contributed by atoms with Crippen LogP contribution in [-0.2, 0) is 10.0 Å². The minimum Gasteiger partial charge on any atom is -0.352 e. The summed E-state index contributed by atoms with van der Waals surface area (Å²) in [5, 5.41) is 5.96. The molecule has 1 aliphatic rings. The maximum absolute atomic E-state index is 11.8. The zero-order chi connectivity index (χ0) is 13.9. The van der Waals surface area contributed by atoms with Crippen LogP contribution in [0.25, 0.3) is 0 Å². The van der Waals surface area contributed by atoms with E-state index in [1.807, 2.05) is 0 Å². The van der Waals surface area contributed by atoms with Gasteiger partial charge in [-0.3, -0.25) is 4.79 Å². The van der Waals surface area contributed by atoms with Crippen molar-refractivity contribution >= 4 is 28.3 Å². The molecule has 0 aromatic heterocycles. The lowest BCUT2D eigenvalue weighted by molar-refractivity contribution is 0.0942. The van der Waals surface area contributed by atoms with E-state index in [1.165, 1.54) is 31.3 Å². The second-order valence-electron chi connectivity index (χ2n) is 4.47. The van der Waals surface area contributed by atoms with E-state index in [-0.39, 0.29) is 23.2 Å². The summed E-state index contributed by atoms with van der Waals surface area (Å²) in [7, 11) is -2.10. The molecule has 1 saturated heterocycles. The van der Waals surface area contributed by atoms with Crippen LogP contribution in [0.3, 0.4) is 0 Å². The molecule has 0 bridgehead atoms. The highest BCUT2D eigenvalue weighted by Gasteiger charge is 2.18. The molecule has 0 saturated carbocycles. The van der Waals surface area contributed by atoms with Crippen LogP contribution in [0.5, 0.6) is 0 Å². The second-order valence-corrected chi connectivity index (χ2v) is 6.35. The minimum absolute atomic E-state index is 0. The van der Waals surface area contributed by atoms with Gasteiger partial charge in [-0.05, 0) is 31.3 Å². The first-order chi connectivity index (χ1) is 9.03. The monoisotopic (exact) mass is 319 g/mol. The Kier molecular flexibility index (Phi) is 5.94. The second kappa shape index (κ2) is 7.03. The molecule has 3 N–H and O–H groups in total. The Morgan fingerprint density at radius 1 is 1.30 bits per heavy atom. The highest BCUT2D eigenvalue weighted by molar-refractivity contribution is 7.89. The van der Waals surface area contributed by atoms with Crippen molar-refractivity contribution in [3.8, 4) is 0 Å². The Bertz CT molecular complexity index is 556. The normalized spacial score (nSPS) is 15.1. The van der Waals surface area contributed by atoms with Gasteiger partial charge in [0.15, 0.2) is 0 Å². The zero-order valence-corrected chi connectivity index (χ0v) is 12.7. The summed E-state index contributed by atoms with van der Waals surface area (Å²) in [6.07, 6.45) is 0. The van der Waals surface area contributed by atoms with E-state index in [0.717, 1.165) is 13.1 Å². The molecule has 6 nitrogen and oxygen atoms in total. The first-order valence-electron chi connectivity index (χ1n) is 6.05. The number of carbonyl (C=O) groups excluding carboxylic acids is 1. The fourth-order valence-corrected chi connectivity index (χ4v) is 2.47. The van der Waals surface area contributed by atoms with Crippen LogP contribution in [0.1, 0.15) is 10.4 Å². The van der Waals surface area contributed by atoms with Crippen LogP contribution in [0.2, 0.25) is 0 Å². The number of sulfonamides is 1. The predicted octanol–water partition coefficient (Wildman–Crippen LogP) is -0.0343. The molecule has 8 heteroatoms. The van der Waals surface area contributed by atoms with Gasteiger partial charge in [0.2, 0.25) is 10.0 Å². The summed E-state index contributed by atoms with van der Waals surface area (Å²) < 4.78 is 25.3. The number of halogens is 1. The molecule has 1 aliphatic heterocycles. The number of nitrogens with one attached hydrogen (secondary N) is 3. The van der Waals surface area contributed by atoms with E-state index >= 15 is 0 Å². The van der Waals surface area contributed by atoms with Gasteiger partial charge in [-0.1, -0.05) is 0 Å². The van der Waals surface area contributed by atoms with E-state index < -0.39 is 10.0 Å². The molecule has 0 aliphatic carbocycles. The van der Waals surface area contributed by atoms with Crippen LogP contribution in [0, 0.1) is 5.92 Å². The molecule has 1 amide bonds. The van der Waals surface area contributed by atoms with Gasteiger partial charge < -0.3 is 10.6 Å². The SMILES string of the molecule is CNS(=O)(=O)c1ccc(C(=O)NCC2CNC2)cc1.Cl. The Morgan fingerprint density at radius 3 is 2.35 bits per heavy atom. The smallest absolute Gasteiger partial charge is 0.251 e. The largest absolute Gasteiger partial charge is 0.352 e. The van der Waals surface area contributed by atoms with Crippen molar-refractivity contribution in [1.29, 1.82) is 0 Å². The lowest BCUT2D eigenvalue weighted by Gasteiger charge is -2.27. The van der Waals surface area contributed by atoms with Crippen molar-refractivity contribution in [2.45, 2.75) is 4.90 Å². The van der Waals surface area contributed by atoms with Crippen molar-refractivity contribution in [2.75, 3.05) is 26.7 Å². The fraction of sp³-hybridized carbons (Fsp3) is 0.417. The van der Waals surface area contributed by atoms with Gasteiger partial charge in [-0.15, -0.1) is 12.4 Å². The average molecular weight is 320 g/mol. The van der Waals surface area contributed by atoms with Crippen molar-refractivity contribution in [1.82, 2.24) is 15.4 Å². The summed E-state index contributed by atoms with van der Waals surface area (Å²) in [6, 6.07) is 5.87. The number of hydrogen-bond acceptors (Lipinski definition) is 4. The summed E-state index contributed by atoms with van der Waals surface area (Å²) in [6.45, 7) is 2.50. The van der Waals surface area contributed by atoms with Gasteiger partial charge in [0.05, 0.1) is 4.90 Å². The number of carbonyl (C=O) groups is 1. The Balaban J connectivity index is 0.00000200. The molecular formula is C12H18ClN3O3S. The molecule has 1 fully saturated rings. The third-order valence-electron chi connectivity index (χ3n) is 3.11. The average Bonchev–Trinajstić information content (AvgIpc) is 2.37. The Labute approximate surface area is 124 Å². The first kappa shape index (κ1) is 16.9. The molecule has 0 atom stereocenters. The lowest BCUT2D eigenvalue weighted by Crippen LogP contribution is -2.48. The van der Waals surface area contributed by atoms with E-state index in [9.17, 15) is 13.2 Å². The molecule has 112 valence electrons. The highest BCUT2D eigenvalue weighted by Crippen LogP contribution is 2.10. The Morgan fingerprint density at radius 2 is 1.90 bits per heavy atom. The van der Waals surface area contributed by atoms with Crippen molar-refractivity contribution < 1.29 is 13.2 Å². The van der Waals surface area contributed by atoms with E-state index in [2.05, 4.69) is 15.4 Å². The van der Waals surface area contributed by atoms with Crippen molar-refractivity contribution in [3.63, 3.8) is 0 Å². The first-order valence-corrected chi connectivity index (χ1v) is 7.54. The molecule has 0 unspecified atom stereocenters. The van der Waals surface area contributed by atoms with Crippen LogP contribution in [0.15, 0.2) is 29.2 Å². The van der Waals surface area contributed by atoms with Gasteiger partial charge >= 0.3 is 0 Å². The summed E-state index contributed by atoms with van der Waals surface area (Å²) in [5.74, 6) is 0.313. The molecular weight excluding hydrogens is 302 g/mol. The van der Waals surface area contributed by atoms with Crippen molar-refractivity contribution in [3.05, 3.63) is 29.8 Å². The van der Waals surface area contributed by atoms with Crippen LogP contribution >= 0.6 is 12.4 Å². The number of benzene rings is 1. The summed E-state index contributed by atoms with van der Waals surface area (Å²) >= 11 is 0. The molecule has 1 heterocycles. The van der Waals surface area contributed by atoms with E-state index in [0.29, 0.717) is 18.0 Å². The number of rotatable bonds is 5. The third kappa shape index (κ3) is 3.92. The molecule has 0 spiro atoms. The molecule has 20 heavy (non-hydrogen) atoms. The minimum atomic E-state index is -3.45. The summed E-state index contributed by atoms with van der Waals surface area (Å²) in [5.41, 5.74) is 0.460. The van der Waals surface area contributed by atoms with E-state index in [1.54, 1.807) is 0 Å². The van der Waals surface area contributed by atoms with Crippen LogP contribution in [0.4, 0.5) is 0 Å². The Hall–Kier alpha value is -1.15. The van der Waals surface area contributed by atoms with Gasteiger partial charge in [-0.25, -0.2) is 13.1 Å². The van der Waals surface area contributed by atoms with Gasteiger partial charge in [0.1, 0.15) is 0 Å². The third-order valence-corrected chi connectivity index (χ3v) is 4.54.